The fourth-order valence-corrected chi connectivity index (χ4v) is 4.20. The van der Waals surface area contributed by atoms with E-state index < -0.39 is 17.7 Å². The molecule has 0 spiro atoms. The summed E-state index contributed by atoms with van der Waals surface area (Å²) in [4.78, 5) is 25.0. The van der Waals surface area contributed by atoms with Gasteiger partial charge in [-0.05, 0) is 29.9 Å². The largest absolute Gasteiger partial charge is 0.469 e. The molecule has 4 nitrogen and oxygen atoms in total. The number of benzene rings is 1. The molecular weight excluding hydrogens is 377 g/mol. The van der Waals surface area contributed by atoms with Crippen molar-refractivity contribution in [1.82, 2.24) is 5.32 Å². The first kappa shape index (κ1) is 18.6. The summed E-state index contributed by atoms with van der Waals surface area (Å²) in [6.45, 7) is 0. The summed E-state index contributed by atoms with van der Waals surface area (Å²) >= 11 is 7.25. The van der Waals surface area contributed by atoms with Gasteiger partial charge in [0.1, 0.15) is 10.7 Å². The second-order valence-corrected chi connectivity index (χ2v) is 7.31. The van der Waals surface area contributed by atoms with Gasteiger partial charge < -0.3 is 10.1 Å². The van der Waals surface area contributed by atoms with Gasteiger partial charge >= 0.3 is 5.97 Å². The minimum Gasteiger partial charge on any atom is -0.469 e. The molecule has 1 N–H and O–H groups in total. The molecule has 1 amide bonds. The number of carbonyl (C=O) groups excluding carboxylic acids is 2. The molecule has 3 unspecified atom stereocenters. The van der Waals surface area contributed by atoms with Gasteiger partial charge in [-0.25, -0.2) is 4.39 Å². The number of rotatable bonds is 5. The summed E-state index contributed by atoms with van der Waals surface area (Å²) in [6, 6.07) is 7.57. The molecule has 1 heterocycles. The lowest BCUT2D eigenvalue weighted by Gasteiger charge is -2.22. The summed E-state index contributed by atoms with van der Waals surface area (Å²) in [5, 5.41) is 5.04. The van der Waals surface area contributed by atoms with Gasteiger partial charge in [-0.15, -0.1) is 11.3 Å². The molecule has 26 heavy (non-hydrogen) atoms. The Balaban J connectivity index is 1.74. The summed E-state index contributed by atoms with van der Waals surface area (Å²) in [5.41, 5.74) is 0.294. The Morgan fingerprint density at radius 2 is 2.08 bits per heavy atom. The molecule has 0 saturated heterocycles. The normalized spacial score (nSPS) is 20.0. The Labute approximate surface area is 159 Å². The van der Waals surface area contributed by atoms with Gasteiger partial charge in [0, 0.05) is 11.6 Å². The SMILES string of the molecule is COC(=O)C(c1ccccc1F)C1C=CC(NC(=O)c2sccc2Cl)C1. The topological polar surface area (TPSA) is 55.4 Å². The van der Waals surface area contributed by atoms with Gasteiger partial charge in [-0.2, -0.15) is 0 Å². The first-order valence-electron chi connectivity index (χ1n) is 8.05. The van der Waals surface area contributed by atoms with Gasteiger partial charge in [-0.3, -0.25) is 9.59 Å². The Bertz CT molecular complexity index is 851. The fraction of sp³-hybridized carbons (Fsp3) is 0.263. The molecule has 1 aromatic heterocycles. The van der Waals surface area contributed by atoms with Crippen LogP contribution in [-0.2, 0) is 9.53 Å². The third-order valence-corrected chi connectivity index (χ3v) is 5.72. The van der Waals surface area contributed by atoms with E-state index in [1.165, 1.54) is 24.5 Å². The minimum absolute atomic E-state index is 0.260. The third kappa shape index (κ3) is 3.81. The number of allylic oxidation sites excluding steroid dienone is 1. The van der Waals surface area contributed by atoms with Crippen molar-refractivity contribution in [3.63, 3.8) is 0 Å². The Hall–Kier alpha value is -2.18. The van der Waals surface area contributed by atoms with Crippen LogP contribution < -0.4 is 5.32 Å². The lowest BCUT2D eigenvalue weighted by Crippen LogP contribution is -2.33. The van der Waals surface area contributed by atoms with Crippen LogP contribution in [0.4, 0.5) is 4.39 Å². The maximum absolute atomic E-state index is 14.2. The van der Waals surface area contributed by atoms with E-state index in [4.69, 9.17) is 16.3 Å². The highest BCUT2D eigenvalue weighted by Crippen LogP contribution is 2.35. The summed E-state index contributed by atoms with van der Waals surface area (Å²) in [5.74, 6) is -2.25. The van der Waals surface area contributed by atoms with Crippen molar-refractivity contribution in [2.24, 2.45) is 5.92 Å². The molecule has 3 rings (SSSR count). The molecule has 0 bridgehead atoms. The number of esters is 1. The highest BCUT2D eigenvalue weighted by atomic mass is 35.5. The maximum Gasteiger partial charge on any atom is 0.313 e. The zero-order valence-corrected chi connectivity index (χ0v) is 15.5. The van der Waals surface area contributed by atoms with Gasteiger partial charge in [0.15, 0.2) is 0 Å². The smallest absolute Gasteiger partial charge is 0.313 e. The van der Waals surface area contributed by atoms with E-state index in [0.29, 0.717) is 21.9 Å². The van der Waals surface area contributed by atoms with E-state index in [1.807, 2.05) is 12.2 Å². The highest BCUT2D eigenvalue weighted by Gasteiger charge is 2.35. The molecule has 0 aliphatic heterocycles. The molecule has 0 radical (unpaired) electrons. The molecule has 136 valence electrons. The zero-order valence-electron chi connectivity index (χ0n) is 13.9. The third-order valence-electron chi connectivity index (χ3n) is 4.38. The van der Waals surface area contributed by atoms with Crippen molar-refractivity contribution >= 4 is 34.8 Å². The fourth-order valence-electron chi connectivity index (χ4n) is 3.16. The average molecular weight is 394 g/mol. The molecule has 1 aliphatic rings. The molecule has 3 atom stereocenters. The first-order chi connectivity index (χ1) is 12.5. The predicted molar refractivity (Wildman–Crippen MR) is 99.0 cm³/mol. The molecule has 1 aliphatic carbocycles. The van der Waals surface area contributed by atoms with Gasteiger partial charge in [0.25, 0.3) is 5.91 Å². The second-order valence-electron chi connectivity index (χ2n) is 5.98. The van der Waals surface area contributed by atoms with Crippen LogP contribution in [0.15, 0.2) is 47.9 Å². The molecule has 1 aromatic carbocycles. The first-order valence-corrected chi connectivity index (χ1v) is 9.31. The van der Waals surface area contributed by atoms with E-state index in [9.17, 15) is 14.0 Å². The number of carbonyl (C=O) groups is 2. The number of amides is 1. The Morgan fingerprint density at radius 1 is 1.31 bits per heavy atom. The number of ether oxygens (including phenoxy) is 1. The van der Waals surface area contributed by atoms with Crippen LogP contribution in [0.5, 0.6) is 0 Å². The number of thiophene rings is 1. The van der Waals surface area contributed by atoms with Crippen LogP contribution in [0.2, 0.25) is 5.02 Å². The van der Waals surface area contributed by atoms with Crippen LogP contribution in [0.1, 0.15) is 27.6 Å². The second kappa shape index (κ2) is 8.01. The molecule has 0 fully saturated rings. The quantitative estimate of drug-likeness (QED) is 0.612. The van der Waals surface area contributed by atoms with Gasteiger partial charge in [-0.1, -0.05) is 42.0 Å². The van der Waals surface area contributed by atoms with Crippen molar-refractivity contribution in [3.8, 4) is 0 Å². The van der Waals surface area contributed by atoms with Crippen molar-refractivity contribution in [2.45, 2.75) is 18.4 Å². The van der Waals surface area contributed by atoms with E-state index in [-0.39, 0.29) is 17.9 Å². The Kier molecular flexibility index (Phi) is 5.74. The number of nitrogens with one attached hydrogen (secondary N) is 1. The maximum atomic E-state index is 14.2. The number of methoxy groups -OCH3 is 1. The van der Waals surface area contributed by atoms with Crippen molar-refractivity contribution < 1.29 is 18.7 Å². The van der Waals surface area contributed by atoms with E-state index >= 15 is 0 Å². The molecule has 0 saturated carbocycles. The summed E-state index contributed by atoms with van der Waals surface area (Å²) in [6.07, 6.45) is 4.12. The minimum atomic E-state index is -0.760. The lowest BCUT2D eigenvalue weighted by molar-refractivity contribution is -0.143. The molecule has 7 heteroatoms. The number of hydrogen-bond acceptors (Lipinski definition) is 4. The zero-order chi connectivity index (χ0) is 18.7. The predicted octanol–water partition coefficient (Wildman–Crippen LogP) is 4.17. The van der Waals surface area contributed by atoms with Gasteiger partial charge in [0.2, 0.25) is 0 Å². The van der Waals surface area contributed by atoms with E-state index in [2.05, 4.69) is 5.32 Å². The van der Waals surface area contributed by atoms with Crippen LogP contribution in [0.3, 0.4) is 0 Å². The molecular formula is C19H17ClFNO3S. The van der Waals surface area contributed by atoms with Crippen molar-refractivity contribution in [2.75, 3.05) is 7.11 Å². The van der Waals surface area contributed by atoms with Crippen LogP contribution in [-0.4, -0.2) is 25.0 Å². The van der Waals surface area contributed by atoms with Gasteiger partial charge in [0.05, 0.1) is 18.1 Å². The van der Waals surface area contributed by atoms with Crippen LogP contribution in [0, 0.1) is 11.7 Å². The van der Waals surface area contributed by atoms with E-state index in [1.54, 1.807) is 29.6 Å². The van der Waals surface area contributed by atoms with Crippen molar-refractivity contribution in [1.29, 1.82) is 0 Å². The Morgan fingerprint density at radius 3 is 2.73 bits per heavy atom. The van der Waals surface area contributed by atoms with Crippen LogP contribution in [0.25, 0.3) is 0 Å². The van der Waals surface area contributed by atoms with Crippen LogP contribution >= 0.6 is 22.9 Å². The summed E-state index contributed by atoms with van der Waals surface area (Å²) < 4.78 is 19.1. The number of hydrogen-bond donors (Lipinski definition) is 1. The number of halogens is 2. The lowest BCUT2D eigenvalue weighted by atomic mass is 9.85. The van der Waals surface area contributed by atoms with E-state index in [0.717, 1.165) is 0 Å². The highest BCUT2D eigenvalue weighted by molar-refractivity contribution is 7.12. The van der Waals surface area contributed by atoms with Crippen molar-refractivity contribution in [3.05, 3.63) is 69.1 Å². The summed E-state index contributed by atoms with van der Waals surface area (Å²) in [7, 11) is 1.28. The average Bonchev–Trinajstić information content (AvgIpc) is 3.25. The monoisotopic (exact) mass is 393 g/mol. The standard InChI is InChI=1S/C19H17ClFNO3S/c1-25-19(24)16(13-4-2-3-5-15(13)21)11-6-7-12(10-11)22-18(23)17-14(20)8-9-26-17/h2-9,11-12,16H,10H2,1H3,(H,22,23). The molecule has 2 aromatic rings.